The molecule has 0 aliphatic heterocycles. The Hall–Kier alpha value is -2.90. The first-order valence-electron chi connectivity index (χ1n) is 6.50. The van der Waals surface area contributed by atoms with Gasteiger partial charge >= 0.3 is 11.9 Å². The van der Waals surface area contributed by atoms with Crippen LogP contribution >= 0.6 is 0 Å². The summed E-state index contributed by atoms with van der Waals surface area (Å²) in [5, 5.41) is 22.2. The first-order chi connectivity index (χ1) is 10.3. The van der Waals surface area contributed by atoms with Crippen LogP contribution < -0.4 is 5.32 Å². The van der Waals surface area contributed by atoms with Crippen LogP contribution in [-0.4, -0.2) is 28.1 Å². The summed E-state index contributed by atoms with van der Waals surface area (Å²) >= 11 is 0. The third-order valence-corrected chi connectivity index (χ3v) is 2.77. The van der Waals surface area contributed by atoms with Gasteiger partial charge in [0.1, 0.15) is 0 Å². The molecule has 0 bridgehead atoms. The van der Waals surface area contributed by atoms with Crippen LogP contribution in [0.1, 0.15) is 20.3 Å². The second kappa shape index (κ2) is 7.77. The summed E-state index contributed by atoms with van der Waals surface area (Å²) in [6.07, 6.45) is 1.09. The molecule has 1 atom stereocenters. The monoisotopic (exact) mass is 308 g/mol. The molecule has 0 heterocycles. The van der Waals surface area contributed by atoms with Crippen molar-refractivity contribution in [3.05, 3.63) is 46.2 Å². The van der Waals surface area contributed by atoms with E-state index in [9.17, 15) is 19.7 Å². The minimum Gasteiger partial charge on any atom is -0.477 e. The first kappa shape index (κ1) is 17.2. The van der Waals surface area contributed by atoms with Crippen LogP contribution in [0, 0.1) is 10.1 Å². The highest BCUT2D eigenvalue weighted by Crippen LogP contribution is 2.17. The summed E-state index contributed by atoms with van der Waals surface area (Å²) < 4.78 is 4.94. The predicted octanol–water partition coefficient (Wildman–Crippen LogP) is 2.32. The van der Waals surface area contributed by atoms with Crippen LogP contribution in [-0.2, 0) is 14.3 Å². The smallest absolute Gasteiger partial charge is 0.347 e. The van der Waals surface area contributed by atoms with Crippen molar-refractivity contribution in [2.45, 2.75) is 26.4 Å². The fraction of sp³-hybridized carbons (Fsp3) is 0.286. The van der Waals surface area contributed by atoms with E-state index in [1.165, 1.54) is 24.3 Å². The van der Waals surface area contributed by atoms with Gasteiger partial charge in [-0.25, -0.2) is 9.59 Å². The first-order valence-corrected chi connectivity index (χ1v) is 6.50. The fourth-order valence-corrected chi connectivity index (χ4v) is 1.40. The SMILES string of the molecule is CCC(C)OC(=O)C(=CNc1cccc([N+](=O)[O-])c1)C(=O)O. The van der Waals surface area contributed by atoms with Crippen molar-refractivity contribution in [2.24, 2.45) is 0 Å². The van der Waals surface area contributed by atoms with Gasteiger partial charge in [-0.05, 0) is 19.4 Å². The maximum absolute atomic E-state index is 11.7. The molecule has 1 aromatic carbocycles. The van der Waals surface area contributed by atoms with Gasteiger partial charge in [-0.3, -0.25) is 10.1 Å². The Bertz CT molecular complexity index is 611. The number of ether oxygens (including phenoxy) is 1. The van der Waals surface area contributed by atoms with E-state index in [-0.39, 0.29) is 11.4 Å². The number of hydrogen-bond acceptors (Lipinski definition) is 6. The number of nitrogens with one attached hydrogen (secondary N) is 1. The number of non-ortho nitro benzene ring substituents is 1. The Morgan fingerprint density at radius 2 is 2.18 bits per heavy atom. The molecule has 8 heteroatoms. The number of anilines is 1. The summed E-state index contributed by atoms with van der Waals surface area (Å²) in [7, 11) is 0. The molecule has 118 valence electrons. The van der Waals surface area contributed by atoms with E-state index < -0.39 is 28.5 Å². The van der Waals surface area contributed by atoms with Crippen molar-refractivity contribution >= 4 is 23.3 Å². The lowest BCUT2D eigenvalue weighted by Gasteiger charge is -2.11. The van der Waals surface area contributed by atoms with E-state index >= 15 is 0 Å². The number of carbonyl (C=O) groups excluding carboxylic acids is 1. The van der Waals surface area contributed by atoms with Crippen LogP contribution in [0.15, 0.2) is 36.0 Å². The zero-order valence-corrected chi connectivity index (χ0v) is 12.1. The number of nitro groups is 1. The van der Waals surface area contributed by atoms with E-state index in [1.54, 1.807) is 13.8 Å². The summed E-state index contributed by atoms with van der Waals surface area (Å²) in [5.41, 5.74) is -0.464. The molecule has 0 aromatic heterocycles. The summed E-state index contributed by atoms with van der Waals surface area (Å²) in [6, 6.07) is 5.45. The van der Waals surface area contributed by atoms with Crippen LogP contribution in [0.2, 0.25) is 0 Å². The Morgan fingerprint density at radius 1 is 1.50 bits per heavy atom. The molecular formula is C14H16N2O6. The Kier molecular flexibility index (Phi) is 6.06. The quantitative estimate of drug-likeness (QED) is 0.198. The number of nitrogens with zero attached hydrogens (tertiary/aromatic N) is 1. The molecule has 0 radical (unpaired) electrons. The van der Waals surface area contributed by atoms with Crippen molar-refractivity contribution in [2.75, 3.05) is 5.32 Å². The highest BCUT2D eigenvalue weighted by atomic mass is 16.6. The Labute approximate surface area is 126 Å². The fourth-order valence-electron chi connectivity index (χ4n) is 1.40. The van der Waals surface area contributed by atoms with Crippen molar-refractivity contribution in [1.29, 1.82) is 0 Å². The van der Waals surface area contributed by atoms with Gasteiger partial charge in [-0.2, -0.15) is 0 Å². The van der Waals surface area contributed by atoms with Gasteiger partial charge < -0.3 is 15.2 Å². The van der Waals surface area contributed by atoms with Crippen LogP contribution in [0.3, 0.4) is 0 Å². The molecule has 1 aromatic rings. The van der Waals surface area contributed by atoms with Crippen molar-refractivity contribution in [3.8, 4) is 0 Å². The molecule has 0 fully saturated rings. The number of hydrogen-bond donors (Lipinski definition) is 2. The lowest BCUT2D eigenvalue weighted by Crippen LogP contribution is -2.21. The molecule has 0 spiro atoms. The third kappa shape index (κ3) is 4.89. The van der Waals surface area contributed by atoms with E-state index in [4.69, 9.17) is 9.84 Å². The average Bonchev–Trinajstić information content (AvgIpc) is 2.47. The summed E-state index contributed by atoms with van der Waals surface area (Å²) in [6.45, 7) is 3.44. The van der Waals surface area contributed by atoms with E-state index in [1.807, 2.05) is 0 Å². The molecule has 2 N–H and O–H groups in total. The summed E-state index contributed by atoms with van der Waals surface area (Å²) in [5.74, 6) is -2.42. The second-order valence-electron chi connectivity index (χ2n) is 4.44. The number of benzene rings is 1. The number of aliphatic carboxylic acids is 1. The highest BCUT2D eigenvalue weighted by Gasteiger charge is 2.20. The van der Waals surface area contributed by atoms with Crippen molar-refractivity contribution in [1.82, 2.24) is 0 Å². The van der Waals surface area contributed by atoms with Gasteiger partial charge in [0.15, 0.2) is 5.57 Å². The Morgan fingerprint density at radius 3 is 2.73 bits per heavy atom. The third-order valence-electron chi connectivity index (χ3n) is 2.77. The standard InChI is InChI=1S/C14H16N2O6/c1-3-9(2)22-14(19)12(13(17)18)8-15-10-5-4-6-11(7-10)16(20)21/h4-9,15H,3H2,1-2H3,(H,17,18). The minimum absolute atomic E-state index is 0.155. The molecule has 0 aliphatic rings. The maximum atomic E-state index is 11.7. The zero-order valence-electron chi connectivity index (χ0n) is 12.1. The summed E-state index contributed by atoms with van der Waals surface area (Å²) in [4.78, 5) is 32.9. The maximum Gasteiger partial charge on any atom is 0.347 e. The number of nitro benzene ring substituents is 1. The van der Waals surface area contributed by atoms with E-state index in [0.29, 0.717) is 6.42 Å². The van der Waals surface area contributed by atoms with E-state index in [2.05, 4.69) is 5.32 Å². The topological polar surface area (TPSA) is 119 Å². The molecule has 0 saturated carbocycles. The van der Waals surface area contributed by atoms with Gasteiger partial charge in [0.25, 0.3) is 5.69 Å². The molecule has 1 unspecified atom stereocenters. The number of carbonyl (C=O) groups is 2. The molecular weight excluding hydrogens is 292 g/mol. The number of esters is 1. The lowest BCUT2D eigenvalue weighted by molar-refractivity contribution is -0.384. The van der Waals surface area contributed by atoms with Gasteiger partial charge in [-0.1, -0.05) is 13.0 Å². The molecule has 0 amide bonds. The second-order valence-corrected chi connectivity index (χ2v) is 4.44. The van der Waals surface area contributed by atoms with Gasteiger partial charge in [-0.15, -0.1) is 0 Å². The number of carboxylic acids is 1. The van der Waals surface area contributed by atoms with Gasteiger partial charge in [0.05, 0.1) is 11.0 Å². The number of carboxylic acid groups (broad SMARTS) is 1. The molecule has 22 heavy (non-hydrogen) atoms. The molecule has 1 rings (SSSR count). The van der Waals surface area contributed by atoms with Crippen molar-refractivity contribution < 1.29 is 24.4 Å². The van der Waals surface area contributed by atoms with Gasteiger partial charge in [0.2, 0.25) is 0 Å². The predicted molar refractivity (Wildman–Crippen MR) is 78.3 cm³/mol. The van der Waals surface area contributed by atoms with Gasteiger partial charge in [0, 0.05) is 24.0 Å². The number of rotatable bonds is 7. The lowest BCUT2D eigenvalue weighted by atomic mass is 10.2. The normalized spacial score (nSPS) is 12.4. The zero-order chi connectivity index (χ0) is 16.7. The minimum atomic E-state index is -1.45. The van der Waals surface area contributed by atoms with E-state index in [0.717, 1.165) is 6.20 Å². The molecule has 8 nitrogen and oxygen atoms in total. The van der Waals surface area contributed by atoms with Crippen molar-refractivity contribution in [3.63, 3.8) is 0 Å². The largest absolute Gasteiger partial charge is 0.477 e. The van der Waals surface area contributed by atoms with Crippen LogP contribution in [0.4, 0.5) is 11.4 Å². The average molecular weight is 308 g/mol. The van der Waals surface area contributed by atoms with Crippen LogP contribution in [0.5, 0.6) is 0 Å². The Balaban J connectivity index is 2.91. The highest BCUT2D eigenvalue weighted by molar-refractivity contribution is 6.13. The molecule has 0 saturated heterocycles. The van der Waals surface area contributed by atoms with Crippen LogP contribution in [0.25, 0.3) is 0 Å². The molecule has 0 aliphatic carbocycles.